The molecule has 0 spiro atoms. The van der Waals surface area contributed by atoms with Gasteiger partial charge in [-0.2, -0.15) is 0 Å². The Morgan fingerprint density at radius 1 is 0.417 bits per heavy atom. The minimum Gasteiger partial charge on any atom is -0.481 e. The zero-order chi connectivity index (χ0) is 91.4. The fourth-order valence-corrected chi connectivity index (χ4v) is 12.5. The number of primary amides is 2. The van der Waals surface area contributed by atoms with E-state index < -0.39 is 261 Å². The largest absolute Gasteiger partial charge is 0.481 e. The summed E-state index contributed by atoms with van der Waals surface area (Å²) in [6.45, 7) is 14.6. The SMILES string of the molecule is CC[C@H](C)[C@H](NC(=O)[C@@H]1CCCN1C(=O)[C@@H](N)CO)C(=O)N[C@@H](CC(C)C)C(=O)N[C@H](C(=O)N[C@@H](CCC(=O)O)C(=O)N[C@@H](CCCCN)C(=O)N[C@@H](CCC(N)=O)C(=O)N[C@@H](C)C(=O)N[C@@H](CCCCN)C(=O)N[C@@H](CCC(N)=O)C(=O)N[C@@H](CC(C)C)C(=O)N[C@@H](CC(C)C)C(=O)N[C@@H](CCCN=C(N)N)C(=O)N[C@@H](CO)C(=O)O)[C@@H](C)O. The van der Waals surface area contributed by atoms with E-state index in [-0.39, 0.29) is 121 Å². The van der Waals surface area contributed by atoms with Crippen molar-refractivity contribution in [2.75, 3.05) is 39.4 Å². The van der Waals surface area contributed by atoms with Gasteiger partial charge in [-0.3, -0.25) is 86.5 Å². The number of likely N-dealkylation sites (tertiary alicyclic amines) is 1. The molecule has 0 aromatic heterocycles. The molecule has 0 aliphatic carbocycles. The van der Waals surface area contributed by atoms with Gasteiger partial charge in [0.05, 0.1) is 19.3 Å². The minimum atomic E-state index is -1.92. The summed E-state index contributed by atoms with van der Waals surface area (Å²) in [5, 5.41) is 81.7. The summed E-state index contributed by atoms with van der Waals surface area (Å²) in [4.78, 5) is 251. The van der Waals surface area contributed by atoms with Crippen LogP contribution < -0.4 is 109 Å². The molecule has 0 saturated carbocycles. The Morgan fingerprint density at radius 2 is 0.767 bits per heavy atom. The average molecular weight is 1710 g/mol. The van der Waals surface area contributed by atoms with E-state index in [1.807, 2.05) is 0 Å². The molecule has 0 unspecified atom stereocenters. The van der Waals surface area contributed by atoms with E-state index in [1.54, 1.807) is 55.4 Å². The molecule has 1 fully saturated rings. The molecule has 0 bridgehead atoms. The van der Waals surface area contributed by atoms with Gasteiger partial charge in [-0.05, 0) is 153 Å². The summed E-state index contributed by atoms with van der Waals surface area (Å²) in [5.74, 6) is -20.5. The Bertz CT molecular complexity index is 3460. The molecule has 1 rings (SSSR count). The van der Waals surface area contributed by atoms with Crippen LogP contribution in [0, 0.1) is 23.7 Å². The number of carbonyl (C=O) groups excluding carboxylic acids is 16. The summed E-state index contributed by atoms with van der Waals surface area (Å²) in [6.07, 6.45) is -4.12. The van der Waals surface area contributed by atoms with Crippen molar-refractivity contribution in [2.24, 2.45) is 68.8 Å². The summed E-state index contributed by atoms with van der Waals surface area (Å²) >= 11 is 0. The Balaban J connectivity index is 3.67. The maximum atomic E-state index is 14.5. The van der Waals surface area contributed by atoms with E-state index in [0.29, 0.717) is 19.3 Å². The first-order valence-electron chi connectivity index (χ1n) is 40.6. The van der Waals surface area contributed by atoms with Crippen LogP contribution in [-0.2, 0) is 86.3 Å². The molecule has 1 aliphatic rings. The van der Waals surface area contributed by atoms with Gasteiger partial charge in [-0.15, -0.1) is 0 Å². The van der Waals surface area contributed by atoms with Gasteiger partial charge in [0.25, 0.3) is 0 Å². The molecule has 0 aromatic rings. The summed E-state index contributed by atoms with van der Waals surface area (Å²) in [6, 6.07) is -23.1. The highest BCUT2D eigenvalue weighted by molar-refractivity contribution is 6.01. The highest BCUT2D eigenvalue weighted by atomic mass is 16.4. The number of carbonyl (C=O) groups is 18. The molecule has 1 heterocycles. The number of aliphatic carboxylic acids is 2. The normalized spacial score (nSPS) is 16.6. The number of unbranched alkanes of at least 4 members (excludes halogenated alkanes) is 2. The standard InChI is InChI=1S/C75H134N22O23/c1-11-40(8)58(95-70(115)54-21-17-31-97(54)73(118)43(78)35-98)71(116)93-52(34-39(6)7)69(114)96-59(42(10)100)72(117)90-49(24-27-57(103)104)65(110)86-45(19-13-15-29-77)63(108)88-47(22-25-55(79)101)61(106)84-41(9)60(105)85-44(18-12-14-28-76)62(107)89-48(23-26-56(80)102)66(111)91-51(33-38(4)5)68(113)92-50(32-37(2)3)67(112)87-46(20-16-30-83-75(81)82)64(109)94-53(36-99)74(119)120/h37-54,58-59,98-100H,11-36,76-78H2,1-10H3,(H2,79,101)(H2,80,102)(H,84,106)(H,85,105)(H,86,110)(H,87,112)(H,88,108)(H,89,107)(H,90,117)(H,91,111)(H,92,113)(H,93,116)(H,94,109)(H,95,115)(H,96,114)(H,103,104)(H,119,120)(H4,81,82,83)/t40-,41-,42+,43-,44-,45-,46-,47-,48-,49-,50-,51-,52-,53-,54-,58-,59-/m0/s1. The zero-order valence-electron chi connectivity index (χ0n) is 70.5. The number of guanidine groups is 1. The fourth-order valence-electron chi connectivity index (χ4n) is 12.5. The number of nitrogens with zero attached hydrogens (tertiary/aromatic N) is 2. The molecule has 120 heavy (non-hydrogen) atoms. The van der Waals surface area contributed by atoms with Gasteiger partial charge in [-0.25, -0.2) is 4.79 Å². The molecule has 45 heteroatoms. The summed E-state index contributed by atoms with van der Waals surface area (Å²) in [5.41, 5.74) is 39.2. The Labute approximate surface area is 698 Å². The third-order valence-electron chi connectivity index (χ3n) is 19.4. The third-order valence-corrected chi connectivity index (χ3v) is 19.4. The number of aliphatic hydroxyl groups excluding tert-OH is 3. The first kappa shape index (κ1) is 107. The van der Waals surface area contributed by atoms with Crippen molar-refractivity contribution in [3.8, 4) is 0 Å². The number of aliphatic hydroxyl groups is 3. The quantitative estimate of drug-likeness (QED) is 0.0153. The van der Waals surface area contributed by atoms with Crippen LogP contribution in [0.2, 0.25) is 0 Å². The van der Waals surface area contributed by atoms with Gasteiger partial charge < -0.3 is 140 Å². The van der Waals surface area contributed by atoms with Gasteiger partial charge in [0.2, 0.25) is 94.5 Å². The van der Waals surface area contributed by atoms with Crippen LogP contribution >= 0.6 is 0 Å². The predicted octanol–water partition coefficient (Wildman–Crippen LogP) is -8.03. The molecule has 682 valence electrons. The monoisotopic (exact) mass is 1710 g/mol. The number of hydrogen-bond acceptors (Lipinski definition) is 25. The van der Waals surface area contributed by atoms with E-state index in [0.717, 1.165) is 6.92 Å². The summed E-state index contributed by atoms with van der Waals surface area (Å²) in [7, 11) is 0. The van der Waals surface area contributed by atoms with Crippen LogP contribution in [0.5, 0.6) is 0 Å². The lowest BCUT2D eigenvalue weighted by molar-refractivity contribution is -0.143. The fraction of sp³-hybridized carbons (Fsp3) is 0.747. The van der Waals surface area contributed by atoms with Crippen molar-refractivity contribution in [1.82, 2.24) is 74.0 Å². The maximum Gasteiger partial charge on any atom is 0.328 e. The topological polar surface area (TPSA) is 763 Å². The molecule has 0 radical (unpaired) electrons. The van der Waals surface area contributed by atoms with Gasteiger partial charge in [0.15, 0.2) is 5.96 Å². The first-order chi connectivity index (χ1) is 56.3. The summed E-state index contributed by atoms with van der Waals surface area (Å²) < 4.78 is 0. The first-order valence-corrected chi connectivity index (χ1v) is 40.6. The third kappa shape index (κ3) is 40.5. The number of hydrogen-bond donors (Lipinski definition) is 25. The van der Waals surface area contributed by atoms with Crippen molar-refractivity contribution in [1.29, 1.82) is 0 Å². The lowest BCUT2D eigenvalue weighted by atomic mass is 9.96. The molecule has 16 amide bonds. The molecular weight excluding hydrogens is 1580 g/mol. The number of amides is 16. The van der Waals surface area contributed by atoms with Crippen LogP contribution in [0.25, 0.3) is 0 Å². The van der Waals surface area contributed by atoms with Gasteiger partial charge >= 0.3 is 11.9 Å². The second-order valence-electron chi connectivity index (χ2n) is 31.3. The molecule has 1 saturated heterocycles. The Kier molecular flexibility index (Phi) is 50.2. The van der Waals surface area contributed by atoms with Gasteiger partial charge in [-0.1, -0.05) is 61.8 Å². The van der Waals surface area contributed by atoms with E-state index in [4.69, 9.17) is 40.1 Å². The van der Waals surface area contributed by atoms with Crippen molar-refractivity contribution < 1.29 is 112 Å². The molecule has 17 atom stereocenters. The van der Waals surface area contributed by atoms with Crippen LogP contribution in [0.3, 0.4) is 0 Å². The molecule has 45 nitrogen and oxygen atoms in total. The highest BCUT2D eigenvalue weighted by Gasteiger charge is 2.42. The van der Waals surface area contributed by atoms with Crippen molar-refractivity contribution in [3.63, 3.8) is 0 Å². The molecule has 0 aromatic carbocycles. The highest BCUT2D eigenvalue weighted by Crippen LogP contribution is 2.21. The van der Waals surface area contributed by atoms with Crippen LogP contribution in [-0.4, -0.2) is 279 Å². The zero-order valence-corrected chi connectivity index (χ0v) is 70.5. The van der Waals surface area contributed by atoms with Gasteiger partial charge in [0, 0.05) is 32.4 Å². The number of carboxylic acids is 2. The lowest BCUT2D eigenvalue weighted by Gasteiger charge is -2.31. The lowest BCUT2D eigenvalue weighted by Crippen LogP contribution is -2.62. The van der Waals surface area contributed by atoms with E-state index >= 15 is 0 Å². The van der Waals surface area contributed by atoms with Crippen molar-refractivity contribution >= 4 is 112 Å². The number of carboxylic acid groups (broad SMARTS) is 2. The minimum absolute atomic E-state index is 0.0118. The number of rotatable bonds is 60. The van der Waals surface area contributed by atoms with Crippen LogP contribution in [0.1, 0.15) is 198 Å². The molecule has 32 N–H and O–H groups in total. The number of aliphatic imine (C=N–C) groups is 1. The predicted molar refractivity (Wildman–Crippen MR) is 434 cm³/mol. The second-order valence-corrected chi connectivity index (χ2v) is 31.3. The Morgan fingerprint density at radius 3 is 1.13 bits per heavy atom. The number of nitrogens with one attached hydrogen (secondary N) is 13. The van der Waals surface area contributed by atoms with Crippen molar-refractivity contribution in [2.45, 2.75) is 294 Å². The van der Waals surface area contributed by atoms with Crippen molar-refractivity contribution in [3.05, 3.63) is 0 Å². The maximum absolute atomic E-state index is 14.5. The molecular formula is C75H134N22O23. The average Bonchev–Trinajstić information content (AvgIpc) is 1.63. The molecule has 1 aliphatic heterocycles. The van der Waals surface area contributed by atoms with E-state index in [9.17, 15) is 112 Å². The second kappa shape index (κ2) is 56.1. The van der Waals surface area contributed by atoms with E-state index in [1.165, 1.54) is 11.8 Å². The van der Waals surface area contributed by atoms with Gasteiger partial charge in [0.1, 0.15) is 90.6 Å². The number of nitrogens with two attached hydrogens (primary N) is 7. The van der Waals surface area contributed by atoms with Crippen LogP contribution in [0.4, 0.5) is 0 Å². The van der Waals surface area contributed by atoms with Crippen LogP contribution in [0.15, 0.2) is 4.99 Å². The smallest absolute Gasteiger partial charge is 0.328 e. The van der Waals surface area contributed by atoms with E-state index in [2.05, 4.69) is 74.1 Å². The Hall–Kier alpha value is -10.5.